The molecular weight excluding hydrogens is 280 g/mol. The van der Waals surface area contributed by atoms with Crippen LogP contribution in [-0.2, 0) is 6.54 Å². The third-order valence-electron chi connectivity index (χ3n) is 5.01. The quantitative estimate of drug-likeness (QED) is 0.760. The Morgan fingerprint density at radius 2 is 1.78 bits per heavy atom. The maximum absolute atomic E-state index is 2.50. The molecule has 0 unspecified atom stereocenters. The number of rotatable bonds is 3. The third kappa shape index (κ3) is 2.71. The van der Waals surface area contributed by atoms with E-state index in [1.807, 2.05) is 0 Å². The summed E-state index contributed by atoms with van der Waals surface area (Å²) >= 11 is 0. The fourth-order valence-corrected chi connectivity index (χ4v) is 3.74. The molecule has 2 heterocycles. The normalized spacial score (nSPS) is 17.9. The van der Waals surface area contributed by atoms with Gasteiger partial charge in [-0.05, 0) is 29.7 Å². The van der Waals surface area contributed by atoms with Crippen LogP contribution in [-0.4, -0.2) is 4.57 Å². The number of fused-ring (bicyclic) bond motifs is 3. The third-order valence-corrected chi connectivity index (χ3v) is 5.01. The fourth-order valence-electron chi connectivity index (χ4n) is 3.74. The second-order valence-corrected chi connectivity index (χ2v) is 6.53. The first-order valence-electron chi connectivity index (χ1n) is 8.47. The summed E-state index contributed by atoms with van der Waals surface area (Å²) in [6.45, 7) is 3.39. The van der Waals surface area contributed by atoms with Crippen LogP contribution in [0.4, 0.5) is 0 Å². The van der Waals surface area contributed by atoms with Crippen molar-refractivity contribution in [2.24, 2.45) is 0 Å². The van der Waals surface area contributed by atoms with E-state index < -0.39 is 0 Å². The molecule has 0 bridgehead atoms. The Labute approximate surface area is 137 Å². The van der Waals surface area contributed by atoms with E-state index in [1.54, 1.807) is 0 Å². The predicted molar refractivity (Wildman–Crippen MR) is 93.6 cm³/mol. The van der Waals surface area contributed by atoms with Crippen LogP contribution < -0.4 is 5.32 Å². The van der Waals surface area contributed by atoms with Crippen LogP contribution in [0.5, 0.6) is 0 Å². The average molecular weight is 303 g/mol. The van der Waals surface area contributed by atoms with Crippen molar-refractivity contribution in [2.45, 2.75) is 31.8 Å². The van der Waals surface area contributed by atoms with Crippen LogP contribution in [0.3, 0.4) is 0 Å². The molecule has 2 nitrogen and oxygen atoms in total. The predicted octanol–water partition coefficient (Wildman–Crippen LogP) is 3.79. The molecule has 0 saturated carbocycles. The van der Waals surface area contributed by atoms with Crippen molar-refractivity contribution in [3.05, 3.63) is 89.7 Å². The van der Waals surface area contributed by atoms with E-state index >= 15 is 0 Å². The van der Waals surface area contributed by atoms with E-state index in [-0.39, 0.29) is 0 Å². The van der Waals surface area contributed by atoms with Gasteiger partial charge in [0.2, 0.25) is 0 Å². The van der Waals surface area contributed by atoms with Gasteiger partial charge in [-0.2, -0.15) is 0 Å². The number of hydrogen-bond donors (Lipinski definition) is 1. The highest BCUT2D eigenvalue weighted by atomic mass is 15.1. The van der Waals surface area contributed by atoms with Crippen LogP contribution in [0.15, 0.2) is 72.9 Å². The number of nitrogens with two attached hydrogens (primary N) is 1. The summed E-state index contributed by atoms with van der Waals surface area (Å²) in [5.41, 5.74) is 5.59. The highest BCUT2D eigenvalue weighted by Crippen LogP contribution is 2.29. The van der Waals surface area contributed by atoms with Crippen molar-refractivity contribution in [3.63, 3.8) is 0 Å². The fraction of sp³-hybridized carbons (Fsp3) is 0.238. The lowest BCUT2D eigenvalue weighted by atomic mass is 9.92. The molecule has 2 heteroatoms. The maximum atomic E-state index is 2.50. The number of nitrogens with zero attached hydrogens (tertiary/aromatic N) is 1. The van der Waals surface area contributed by atoms with Crippen molar-refractivity contribution in [1.29, 1.82) is 0 Å². The van der Waals surface area contributed by atoms with Gasteiger partial charge < -0.3 is 9.88 Å². The first-order valence-corrected chi connectivity index (χ1v) is 8.47. The van der Waals surface area contributed by atoms with E-state index in [9.17, 15) is 0 Å². The molecule has 1 aliphatic heterocycles. The van der Waals surface area contributed by atoms with Gasteiger partial charge in [-0.15, -0.1) is 0 Å². The van der Waals surface area contributed by atoms with E-state index in [0.717, 1.165) is 13.0 Å². The minimum absolute atomic E-state index is 0.493. The molecule has 3 aromatic rings. The van der Waals surface area contributed by atoms with Crippen LogP contribution in [0.25, 0.3) is 5.69 Å². The van der Waals surface area contributed by atoms with Crippen LogP contribution in [0.2, 0.25) is 0 Å². The molecule has 2 atom stereocenters. The van der Waals surface area contributed by atoms with Crippen molar-refractivity contribution < 1.29 is 5.32 Å². The minimum Gasteiger partial charge on any atom is -0.335 e. The van der Waals surface area contributed by atoms with Crippen LogP contribution in [0.1, 0.15) is 42.1 Å². The smallest absolute Gasteiger partial charge is 0.128 e. The Hall–Kier alpha value is -2.32. The second kappa shape index (κ2) is 6.05. The molecule has 0 aliphatic carbocycles. The lowest BCUT2D eigenvalue weighted by Gasteiger charge is -2.19. The number of aromatic nitrogens is 1. The summed E-state index contributed by atoms with van der Waals surface area (Å²) in [5.74, 6) is 0.557. The maximum Gasteiger partial charge on any atom is 0.128 e. The number of quaternary nitrogens is 1. The largest absolute Gasteiger partial charge is 0.335 e. The van der Waals surface area contributed by atoms with Crippen molar-refractivity contribution in [3.8, 4) is 5.69 Å². The molecule has 0 spiro atoms. The summed E-state index contributed by atoms with van der Waals surface area (Å²) in [4.78, 5) is 0. The van der Waals surface area contributed by atoms with Gasteiger partial charge in [0.1, 0.15) is 12.6 Å². The molecule has 0 saturated heterocycles. The number of hydrogen-bond acceptors (Lipinski definition) is 0. The Kier molecular flexibility index (Phi) is 3.76. The SMILES string of the molecule is C[C@@H](C[C@@H]1[NH2+]Cc2ccccc2-n2cccc21)c1ccccc1. The Bertz CT molecular complexity index is 788. The molecular formula is C21H23N2+. The zero-order valence-electron chi connectivity index (χ0n) is 13.5. The topological polar surface area (TPSA) is 21.5 Å². The van der Waals surface area contributed by atoms with Crippen LogP contribution in [0, 0.1) is 0 Å². The van der Waals surface area contributed by atoms with Crippen molar-refractivity contribution in [2.75, 3.05) is 0 Å². The lowest BCUT2D eigenvalue weighted by molar-refractivity contribution is -0.712. The summed E-state index contributed by atoms with van der Waals surface area (Å²) in [5, 5.41) is 2.50. The molecule has 1 aromatic heterocycles. The second-order valence-electron chi connectivity index (χ2n) is 6.53. The average Bonchev–Trinajstić information content (AvgIpc) is 3.04. The summed E-state index contributed by atoms with van der Waals surface area (Å²) < 4.78 is 2.38. The Balaban J connectivity index is 1.65. The highest BCUT2D eigenvalue weighted by molar-refractivity contribution is 5.43. The summed E-state index contributed by atoms with van der Waals surface area (Å²) in [6.07, 6.45) is 3.36. The highest BCUT2D eigenvalue weighted by Gasteiger charge is 2.26. The summed E-state index contributed by atoms with van der Waals surface area (Å²) in [7, 11) is 0. The van der Waals surface area contributed by atoms with Crippen LogP contribution >= 0.6 is 0 Å². The Morgan fingerprint density at radius 3 is 2.65 bits per heavy atom. The van der Waals surface area contributed by atoms with Gasteiger partial charge in [0, 0.05) is 18.2 Å². The van der Waals surface area contributed by atoms with Crippen molar-refractivity contribution >= 4 is 0 Å². The standard InChI is InChI=1S/C21H22N2/c1-16(17-8-3-2-4-9-17)14-19-21-12-7-13-23(21)20-11-6-5-10-18(20)15-22-19/h2-13,16,19,22H,14-15H2,1H3/p+1/t16-,19-/m0/s1. The van der Waals surface area contributed by atoms with E-state index in [1.165, 1.54) is 22.5 Å². The van der Waals surface area contributed by atoms with Gasteiger partial charge in [-0.25, -0.2) is 0 Å². The zero-order chi connectivity index (χ0) is 15.6. The Morgan fingerprint density at radius 1 is 1.00 bits per heavy atom. The molecule has 23 heavy (non-hydrogen) atoms. The van der Waals surface area contributed by atoms with Crippen molar-refractivity contribution in [1.82, 2.24) is 4.57 Å². The first-order chi connectivity index (χ1) is 11.3. The van der Waals surface area contributed by atoms with Gasteiger partial charge >= 0.3 is 0 Å². The number of para-hydroxylation sites is 1. The molecule has 2 aromatic carbocycles. The molecule has 2 N–H and O–H groups in total. The first kappa shape index (κ1) is 14.3. The lowest BCUT2D eigenvalue weighted by Crippen LogP contribution is -2.83. The molecule has 4 rings (SSSR count). The molecule has 0 amide bonds. The van der Waals surface area contributed by atoms with Gasteiger partial charge in [0.05, 0.1) is 11.4 Å². The summed E-state index contributed by atoms with van der Waals surface area (Å²) in [6, 6.07) is 24.6. The molecule has 116 valence electrons. The van der Waals surface area contributed by atoms with E-state index in [4.69, 9.17) is 0 Å². The van der Waals surface area contributed by atoms with E-state index in [0.29, 0.717) is 12.0 Å². The van der Waals surface area contributed by atoms with Gasteiger partial charge in [0.15, 0.2) is 0 Å². The van der Waals surface area contributed by atoms with Gasteiger partial charge in [-0.3, -0.25) is 0 Å². The molecule has 1 aliphatic rings. The monoisotopic (exact) mass is 303 g/mol. The zero-order valence-corrected chi connectivity index (χ0v) is 13.5. The van der Waals surface area contributed by atoms with Gasteiger partial charge in [-0.1, -0.05) is 55.5 Å². The molecule has 0 fully saturated rings. The number of benzene rings is 2. The van der Waals surface area contributed by atoms with E-state index in [2.05, 4.69) is 89.7 Å². The minimum atomic E-state index is 0.493. The van der Waals surface area contributed by atoms with Gasteiger partial charge in [0.25, 0.3) is 0 Å². The molecule has 0 radical (unpaired) electrons.